The van der Waals surface area contributed by atoms with Crippen molar-refractivity contribution in [1.82, 2.24) is 9.78 Å². The van der Waals surface area contributed by atoms with Gasteiger partial charge < -0.3 is 16.0 Å². The number of nitrogens with zero attached hydrogens (tertiary/aromatic N) is 3. The Morgan fingerprint density at radius 1 is 1.13 bits per heavy atom. The molecule has 0 unspecified atom stereocenters. The molecule has 2 aromatic carbocycles. The van der Waals surface area contributed by atoms with E-state index in [1.807, 2.05) is 44.2 Å². The first-order chi connectivity index (χ1) is 14.8. The van der Waals surface area contributed by atoms with Crippen LogP contribution in [0.4, 0.5) is 11.5 Å². The minimum atomic E-state index is -1.25. The Hall–Kier alpha value is -3.94. The number of nitrogens with two attached hydrogens (primary N) is 1. The van der Waals surface area contributed by atoms with Gasteiger partial charge in [-0.15, -0.1) is 0 Å². The quantitative estimate of drug-likeness (QED) is 0.681. The SMILES string of the molecule is Cc1ccc(-n2ncc3c2NC(=O)C[C@]32C(=O)N(CC(N)=O)c3ccccc32)cc1C. The van der Waals surface area contributed by atoms with Crippen molar-refractivity contribution in [2.24, 2.45) is 5.73 Å². The average Bonchev–Trinajstić information content (AvgIpc) is 3.25. The molecule has 1 atom stereocenters. The molecule has 8 nitrogen and oxygen atoms in total. The molecule has 31 heavy (non-hydrogen) atoms. The van der Waals surface area contributed by atoms with E-state index in [4.69, 9.17) is 5.73 Å². The summed E-state index contributed by atoms with van der Waals surface area (Å²) in [6.45, 7) is 3.78. The van der Waals surface area contributed by atoms with Gasteiger partial charge in [0.15, 0.2) is 0 Å². The highest BCUT2D eigenvalue weighted by atomic mass is 16.2. The smallest absolute Gasteiger partial charge is 0.243 e. The van der Waals surface area contributed by atoms with Gasteiger partial charge in [0, 0.05) is 17.7 Å². The Kier molecular flexibility index (Phi) is 4.01. The number of rotatable bonds is 3. The van der Waals surface area contributed by atoms with Gasteiger partial charge in [-0.25, -0.2) is 4.68 Å². The molecule has 3 aromatic rings. The van der Waals surface area contributed by atoms with Crippen molar-refractivity contribution in [1.29, 1.82) is 0 Å². The highest BCUT2D eigenvalue weighted by Gasteiger charge is 2.57. The Balaban J connectivity index is 1.74. The molecule has 0 saturated carbocycles. The second-order valence-corrected chi connectivity index (χ2v) is 8.09. The summed E-state index contributed by atoms with van der Waals surface area (Å²) in [6.07, 6.45) is 1.57. The van der Waals surface area contributed by atoms with E-state index in [9.17, 15) is 14.4 Å². The molecule has 0 radical (unpaired) electrons. The van der Waals surface area contributed by atoms with Crippen LogP contribution in [0.25, 0.3) is 5.69 Å². The van der Waals surface area contributed by atoms with E-state index in [0.29, 0.717) is 22.6 Å². The number of carbonyl (C=O) groups is 3. The number of amides is 3. The summed E-state index contributed by atoms with van der Waals surface area (Å²) in [6, 6.07) is 13.1. The molecule has 0 saturated heterocycles. The van der Waals surface area contributed by atoms with Gasteiger partial charge in [-0.3, -0.25) is 14.4 Å². The third-order valence-corrected chi connectivity index (χ3v) is 6.23. The molecular formula is C23H21N5O3. The van der Waals surface area contributed by atoms with Gasteiger partial charge in [0.1, 0.15) is 17.8 Å². The number of fused-ring (bicyclic) bond motifs is 4. The number of carbonyl (C=O) groups excluding carboxylic acids is 3. The third-order valence-electron chi connectivity index (χ3n) is 6.23. The molecule has 3 N–H and O–H groups in total. The largest absolute Gasteiger partial charge is 0.368 e. The highest BCUT2D eigenvalue weighted by Crippen LogP contribution is 2.52. The van der Waals surface area contributed by atoms with Gasteiger partial charge in [-0.2, -0.15) is 5.10 Å². The second-order valence-electron chi connectivity index (χ2n) is 8.09. The van der Waals surface area contributed by atoms with Crippen molar-refractivity contribution < 1.29 is 14.4 Å². The molecule has 1 spiro atoms. The zero-order valence-corrected chi connectivity index (χ0v) is 17.2. The van der Waals surface area contributed by atoms with E-state index in [1.54, 1.807) is 23.0 Å². The van der Waals surface area contributed by atoms with E-state index < -0.39 is 11.3 Å². The van der Waals surface area contributed by atoms with Crippen LogP contribution in [0.5, 0.6) is 0 Å². The molecule has 8 heteroatoms. The van der Waals surface area contributed by atoms with Crippen LogP contribution < -0.4 is 16.0 Å². The lowest BCUT2D eigenvalue weighted by Gasteiger charge is -2.32. The van der Waals surface area contributed by atoms with Crippen molar-refractivity contribution >= 4 is 29.2 Å². The van der Waals surface area contributed by atoms with Gasteiger partial charge in [0.25, 0.3) is 0 Å². The van der Waals surface area contributed by atoms with Gasteiger partial charge in [-0.1, -0.05) is 24.3 Å². The van der Waals surface area contributed by atoms with Gasteiger partial charge in [-0.05, 0) is 48.7 Å². The maximum absolute atomic E-state index is 13.7. The monoisotopic (exact) mass is 415 g/mol. The van der Waals surface area contributed by atoms with Gasteiger partial charge >= 0.3 is 0 Å². The van der Waals surface area contributed by atoms with Gasteiger partial charge in [0.2, 0.25) is 17.7 Å². The molecule has 3 heterocycles. The maximum Gasteiger partial charge on any atom is 0.243 e. The lowest BCUT2D eigenvalue weighted by Crippen LogP contribution is -2.48. The first-order valence-corrected chi connectivity index (χ1v) is 9.98. The molecule has 3 amide bonds. The van der Waals surface area contributed by atoms with Crippen LogP contribution in [-0.2, 0) is 19.8 Å². The van der Waals surface area contributed by atoms with Crippen LogP contribution in [0.1, 0.15) is 28.7 Å². The second kappa shape index (κ2) is 6.53. The number of aryl methyl sites for hydroxylation is 2. The summed E-state index contributed by atoms with van der Waals surface area (Å²) in [7, 11) is 0. The molecule has 2 aliphatic heterocycles. The van der Waals surface area contributed by atoms with Crippen molar-refractivity contribution in [3.8, 4) is 5.69 Å². The van der Waals surface area contributed by atoms with Crippen LogP contribution >= 0.6 is 0 Å². The number of hydrogen-bond donors (Lipinski definition) is 2. The van der Waals surface area contributed by atoms with Crippen molar-refractivity contribution in [3.63, 3.8) is 0 Å². The van der Waals surface area contributed by atoms with E-state index >= 15 is 0 Å². The first-order valence-electron chi connectivity index (χ1n) is 9.98. The molecule has 5 rings (SSSR count). The van der Waals surface area contributed by atoms with E-state index in [2.05, 4.69) is 10.4 Å². The van der Waals surface area contributed by atoms with Crippen molar-refractivity contribution in [3.05, 3.63) is 70.9 Å². The predicted octanol–water partition coefficient (Wildman–Crippen LogP) is 1.95. The summed E-state index contributed by atoms with van der Waals surface area (Å²) in [5, 5.41) is 7.42. The van der Waals surface area contributed by atoms with Crippen LogP contribution in [0.3, 0.4) is 0 Å². The average molecular weight is 415 g/mol. The zero-order valence-electron chi connectivity index (χ0n) is 17.2. The summed E-state index contributed by atoms with van der Waals surface area (Å²) in [5.74, 6) is -0.791. The molecule has 0 aliphatic carbocycles. The molecule has 0 bridgehead atoms. The van der Waals surface area contributed by atoms with Crippen LogP contribution in [-0.4, -0.2) is 34.0 Å². The summed E-state index contributed by atoms with van der Waals surface area (Å²) >= 11 is 0. The topological polar surface area (TPSA) is 110 Å². The zero-order chi connectivity index (χ0) is 21.9. The normalized spacial score (nSPS) is 19.4. The number of hydrogen-bond acceptors (Lipinski definition) is 4. The third kappa shape index (κ3) is 2.61. The summed E-state index contributed by atoms with van der Waals surface area (Å²) in [5.41, 5.74) is 9.06. The lowest BCUT2D eigenvalue weighted by molar-refractivity contribution is -0.127. The van der Waals surface area contributed by atoms with Crippen LogP contribution in [0.2, 0.25) is 0 Å². The minimum Gasteiger partial charge on any atom is -0.368 e. The van der Waals surface area contributed by atoms with Gasteiger partial charge in [0.05, 0.1) is 11.9 Å². The number of benzene rings is 2. The fourth-order valence-corrected chi connectivity index (χ4v) is 4.62. The minimum absolute atomic E-state index is 0.0657. The molecule has 2 aliphatic rings. The van der Waals surface area contributed by atoms with Crippen LogP contribution in [0.15, 0.2) is 48.7 Å². The molecular weight excluding hydrogens is 394 g/mol. The van der Waals surface area contributed by atoms with Crippen molar-refractivity contribution in [2.45, 2.75) is 25.7 Å². The maximum atomic E-state index is 13.7. The summed E-state index contributed by atoms with van der Waals surface area (Å²) in [4.78, 5) is 39.6. The number of anilines is 2. The number of aromatic nitrogens is 2. The van der Waals surface area contributed by atoms with Crippen molar-refractivity contribution in [2.75, 3.05) is 16.8 Å². The Labute approximate surface area is 178 Å². The van der Waals surface area contributed by atoms with E-state index in [1.165, 1.54) is 4.90 Å². The van der Waals surface area contributed by atoms with Crippen LogP contribution in [0, 0.1) is 13.8 Å². The Morgan fingerprint density at radius 2 is 1.90 bits per heavy atom. The number of para-hydroxylation sites is 1. The van der Waals surface area contributed by atoms with E-state index in [-0.39, 0.29) is 24.8 Å². The standard InChI is InChI=1S/C23H21N5O3/c1-13-7-8-15(9-14(13)2)28-21-17(11-25-28)23(10-20(30)26-21)16-5-3-4-6-18(16)27(22(23)31)12-19(24)29/h3-9,11H,10,12H2,1-2H3,(H2,24,29)(H,26,30)/t23-/m1/s1. The molecule has 0 fully saturated rings. The highest BCUT2D eigenvalue weighted by molar-refractivity contribution is 6.17. The Bertz CT molecular complexity index is 1280. The Morgan fingerprint density at radius 3 is 2.65 bits per heavy atom. The lowest BCUT2D eigenvalue weighted by atomic mass is 9.72. The first kappa shape index (κ1) is 19.0. The predicted molar refractivity (Wildman–Crippen MR) is 115 cm³/mol. The van der Waals surface area contributed by atoms with E-state index in [0.717, 1.165) is 16.8 Å². The fraction of sp³-hybridized carbons (Fsp3) is 0.217. The number of nitrogens with one attached hydrogen (secondary N) is 1. The molecule has 156 valence electrons. The summed E-state index contributed by atoms with van der Waals surface area (Å²) < 4.78 is 1.65. The molecule has 1 aromatic heterocycles. The number of primary amides is 1. The fourth-order valence-electron chi connectivity index (χ4n) is 4.62.